The lowest BCUT2D eigenvalue weighted by molar-refractivity contribution is 0.857. The van der Waals surface area contributed by atoms with Crippen LogP contribution < -0.4 is 0 Å². The molecule has 1 aliphatic rings. The van der Waals surface area contributed by atoms with Gasteiger partial charge in [0.2, 0.25) is 0 Å². The maximum Gasteiger partial charge on any atom is 0.00561 e. The Morgan fingerprint density at radius 1 is 0.870 bits per heavy atom. The van der Waals surface area contributed by atoms with Crippen LogP contribution in [0.15, 0.2) is 85.0 Å². The Morgan fingerprint density at radius 3 is 2.43 bits per heavy atom. The second kappa shape index (κ2) is 5.89. The quantitative estimate of drug-likeness (QED) is 0.522. The first-order valence-electron chi connectivity index (χ1n) is 8.24. The fourth-order valence-electron chi connectivity index (χ4n) is 3.47. The molecule has 1 unspecified atom stereocenters. The second-order valence-electron chi connectivity index (χ2n) is 6.31. The van der Waals surface area contributed by atoms with Gasteiger partial charge in [-0.15, -0.1) is 0 Å². The molecule has 0 amide bonds. The predicted octanol–water partition coefficient (Wildman–Crippen LogP) is 6.28. The summed E-state index contributed by atoms with van der Waals surface area (Å²) in [4.78, 5) is 0. The van der Waals surface area contributed by atoms with Crippen molar-refractivity contribution in [1.82, 2.24) is 0 Å². The van der Waals surface area contributed by atoms with E-state index in [0.29, 0.717) is 5.92 Å². The van der Waals surface area contributed by atoms with Crippen molar-refractivity contribution in [2.75, 3.05) is 0 Å². The van der Waals surface area contributed by atoms with E-state index < -0.39 is 0 Å². The highest BCUT2D eigenvalue weighted by Crippen LogP contribution is 2.34. The minimum absolute atomic E-state index is 0.496. The van der Waals surface area contributed by atoms with Crippen LogP contribution in [0.5, 0.6) is 0 Å². The van der Waals surface area contributed by atoms with Gasteiger partial charge in [0.1, 0.15) is 0 Å². The molecule has 3 aromatic rings. The first-order chi connectivity index (χ1) is 11.3. The molecular weight excluding hydrogens is 276 g/mol. The van der Waals surface area contributed by atoms with Crippen molar-refractivity contribution in [3.8, 4) is 0 Å². The first kappa shape index (κ1) is 14.0. The molecule has 0 saturated carbocycles. The molecule has 0 fully saturated rings. The SMILES string of the molecule is Cc1cc(C2=CCC(c3ccccc3)C=C2)c2ccccc2c1. The smallest absolute Gasteiger partial charge is 0.00561 e. The Labute approximate surface area is 137 Å². The summed E-state index contributed by atoms with van der Waals surface area (Å²) in [5.41, 5.74) is 5.41. The van der Waals surface area contributed by atoms with Crippen LogP contribution in [0, 0.1) is 6.92 Å². The number of allylic oxidation sites excluding steroid dienone is 4. The van der Waals surface area contributed by atoms with Crippen LogP contribution in [0.2, 0.25) is 0 Å². The van der Waals surface area contributed by atoms with E-state index in [1.165, 1.54) is 33.0 Å². The summed E-state index contributed by atoms with van der Waals surface area (Å²) >= 11 is 0. The number of benzene rings is 3. The highest BCUT2D eigenvalue weighted by atomic mass is 14.2. The Balaban J connectivity index is 1.71. The highest BCUT2D eigenvalue weighted by Gasteiger charge is 2.13. The van der Waals surface area contributed by atoms with E-state index in [9.17, 15) is 0 Å². The fourth-order valence-corrected chi connectivity index (χ4v) is 3.47. The third-order valence-electron chi connectivity index (χ3n) is 4.64. The molecule has 0 N–H and O–H groups in total. The molecule has 1 aliphatic carbocycles. The molecule has 0 aliphatic heterocycles. The lowest BCUT2D eigenvalue weighted by Crippen LogP contribution is -1.99. The van der Waals surface area contributed by atoms with E-state index in [0.717, 1.165) is 6.42 Å². The van der Waals surface area contributed by atoms with Gasteiger partial charge in [-0.1, -0.05) is 85.0 Å². The van der Waals surface area contributed by atoms with Gasteiger partial charge in [0.05, 0.1) is 0 Å². The molecule has 0 heteroatoms. The van der Waals surface area contributed by atoms with Gasteiger partial charge < -0.3 is 0 Å². The van der Waals surface area contributed by atoms with Gasteiger partial charge in [-0.2, -0.15) is 0 Å². The average molecular weight is 296 g/mol. The summed E-state index contributed by atoms with van der Waals surface area (Å²) in [5, 5.41) is 2.66. The number of rotatable bonds is 2. The monoisotopic (exact) mass is 296 g/mol. The lowest BCUT2D eigenvalue weighted by atomic mass is 9.86. The van der Waals surface area contributed by atoms with Crippen molar-refractivity contribution < 1.29 is 0 Å². The van der Waals surface area contributed by atoms with Gasteiger partial charge in [0.25, 0.3) is 0 Å². The van der Waals surface area contributed by atoms with E-state index >= 15 is 0 Å². The molecule has 23 heavy (non-hydrogen) atoms. The van der Waals surface area contributed by atoms with E-state index in [1.54, 1.807) is 0 Å². The van der Waals surface area contributed by atoms with Gasteiger partial charge in [0.15, 0.2) is 0 Å². The summed E-state index contributed by atoms with van der Waals surface area (Å²) in [6.07, 6.45) is 8.10. The van der Waals surface area contributed by atoms with Crippen molar-refractivity contribution >= 4 is 16.3 Å². The predicted molar refractivity (Wildman–Crippen MR) is 99.6 cm³/mol. The summed E-state index contributed by atoms with van der Waals surface area (Å²) in [6.45, 7) is 2.18. The van der Waals surface area contributed by atoms with Crippen molar-refractivity contribution in [1.29, 1.82) is 0 Å². The van der Waals surface area contributed by atoms with Gasteiger partial charge in [0, 0.05) is 5.92 Å². The zero-order valence-corrected chi connectivity index (χ0v) is 13.4. The third kappa shape index (κ3) is 2.73. The Hall–Kier alpha value is -2.60. The molecule has 112 valence electrons. The van der Waals surface area contributed by atoms with Crippen LogP contribution in [0.3, 0.4) is 0 Å². The molecular formula is C23H20. The Kier molecular flexibility index (Phi) is 3.59. The first-order valence-corrected chi connectivity index (χ1v) is 8.24. The number of aryl methyl sites for hydroxylation is 1. The molecule has 4 rings (SSSR count). The lowest BCUT2D eigenvalue weighted by Gasteiger charge is -2.18. The molecule has 0 aromatic heterocycles. The van der Waals surface area contributed by atoms with E-state index in [1.807, 2.05) is 0 Å². The van der Waals surface area contributed by atoms with Gasteiger partial charge in [-0.05, 0) is 46.4 Å². The molecule has 0 saturated heterocycles. The van der Waals surface area contributed by atoms with Crippen LogP contribution in [0.4, 0.5) is 0 Å². The maximum atomic E-state index is 2.39. The molecule has 0 bridgehead atoms. The standard InChI is InChI=1S/C23H20/c1-17-15-21-9-5-6-10-22(21)23(16-17)20-13-11-19(12-14-20)18-7-3-2-4-8-18/h2-11,13-16,19H,12H2,1H3. The maximum absolute atomic E-state index is 2.39. The Bertz CT molecular complexity index is 898. The molecule has 0 heterocycles. The zero-order chi connectivity index (χ0) is 15.6. The normalized spacial score (nSPS) is 17.3. The minimum Gasteiger partial charge on any atom is -0.0761 e. The van der Waals surface area contributed by atoms with Crippen LogP contribution in [0.25, 0.3) is 16.3 Å². The summed E-state index contributed by atoms with van der Waals surface area (Å²) in [7, 11) is 0. The molecule has 3 aromatic carbocycles. The zero-order valence-electron chi connectivity index (χ0n) is 13.4. The molecule has 1 atom stereocenters. The van der Waals surface area contributed by atoms with Crippen molar-refractivity contribution in [3.63, 3.8) is 0 Å². The van der Waals surface area contributed by atoms with Gasteiger partial charge in [-0.3, -0.25) is 0 Å². The third-order valence-corrected chi connectivity index (χ3v) is 4.64. The molecule has 0 radical (unpaired) electrons. The largest absolute Gasteiger partial charge is 0.0761 e. The topological polar surface area (TPSA) is 0 Å². The average Bonchev–Trinajstić information content (AvgIpc) is 2.62. The summed E-state index contributed by atoms with van der Waals surface area (Å²) < 4.78 is 0. The highest BCUT2D eigenvalue weighted by molar-refractivity contribution is 5.96. The van der Waals surface area contributed by atoms with Crippen LogP contribution >= 0.6 is 0 Å². The Morgan fingerprint density at radius 2 is 1.65 bits per heavy atom. The van der Waals surface area contributed by atoms with Crippen LogP contribution in [0.1, 0.15) is 29.0 Å². The minimum atomic E-state index is 0.496. The fraction of sp³-hybridized carbons (Fsp3) is 0.130. The van der Waals surface area contributed by atoms with E-state index in [4.69, 9.17) is 0 Å². The number of fused-ring (bicyclic) bond motifs is 1. The van der Waals surface area contributed by atoms with Gasteiger partial charge >= 0.3 is 0 Å². The number of hydrogen-bond donors (Lipinski definition) is 0. The van der Waals surface area contributed by atoms with Crippen LogP contribution in [-0.4, -0.2) is 0 Å². The second-order valence-corrected chi connectivity index (χ2v) is 6.31. The van der Waals surface area contributed by atoms with Crippen molar-refractivity contribution in [3.05, 3.63) is 102 Å². The van der Waals surface area contributed by atoms with E-state index in [2.05, 4.69) is 91.9 Å². The van der Waals surface area contributed by atoms with Gasteiger partial charge in [-0.25, -0.2) is 0 Å². The van der Waals surface area contributed by atoms with Crippen molar-refractivity contribution in [2.24, 2.45) is 0 Å². The molecule has 0 nitrogen and oxygen atoms in total. The van der Waals surface area contributed by atoms with Crippen LogP contribution in [-0.2, 0) is 0 Å². The van der Waals surface area contributed by atoms with Crippen molar-refractivity contribution in [2.45, 2.75) is 19.3 Å². The summed E-state index contributed by atoms with van der Waals surface area (Å²) in [5.74, 6) is 0.496. The number of hydrogen-bond acceptors (Lipinski definition) is 0. The summed E-state index contributed by atoms with van der Waals surface area (Å²) in [6, 6.07) is 24.0. The van der Waals surface area contributed by atoms with E-state index in [-0.39, 0.29) is 0 Å². The molecule has 0 spiro atoms.